The van der Waals surface area contributed by atoms with Gasteiger partial charge >= 0.3 is 5.97 Å². The molecule has 5 heteroatoms. The maximum atomic E-state index is 11.9. The summed E-state index contributed by atoms with van der Waals surface area (Å²) in [4.78, 5) is 23.0. The maximum absolute atomic E-state index is 11.9. The highest BCUT2D eigenvalue weighted by atomic mass is 16.5. The second-order valence-electron chi connectivity index (χ2n) is 5.82. The van der Waals surface area contributed by atoms with Crippen LogP contribution in [-0.2, 0) is 23.8 Å². The zero-order valence-electron chi connectivity index (χ0n) is 12.2. The van der Waals surface area contributed by atoms with Crippen LogP contribution in [0.25, 0.3) is 0 Å². The van der Waals surface area contributed by atoms with E-state index >= 15 is 0 Å². The molecular formula is C15H24O5. The van der Waals surface area contributed by atoms with Crippen molar-refractivity contribution in [1.82, 2.24) is 0 Å². The number of ketones is 1. The molecule has 0 radical (unpaired) electrons. The van der Waals surface area contributed by atoms with Crippen LogP contribution in [0.3, 0.4) is 0 Å². The van der Waals surface area contributed by atoms with E-state index in [9.17, 15) is 9.59 Å². The Morgan fingerprint density at radius 2 is 1.95 bits per heavy atom. The van der Waals surface area contributed by atoms with E-state index in [0.29, 0.717) is 18.8 Å². The average molecular weight is 284 g/mol. The Kier molecular flexibility index (Phi) is 5.54. The number of hydrogen-bond acceptors (Lipinski definition) is 5. The van der Waals surface area contributed by atoms with E-state index in [2.05, 4.69) is 4.74 Å². The van der Waals surface area contributed by atoms with Crippen LogP contribution in [0.1, 0.15) is 44.9 Å². The zero-order valence-corrected chi connectivity index (χ0v) is 12.2. The molecule has 0 aromatic rings. The normalized spacial score (nSPS) is 25.4. The van der Waals surface area contributed by atoms with Crippen LogP contribution < -0.4 is 0 Å². The lowest BCUT2D eigenvalue weighted by Crippen LogP contribution is -2.44. The number of Topliss-reactive ketones (excluding diaryl/α,β-unsaturated/α-hetero) is 1. The zero-order chi connectivity index (χ0) is 14.4. The van der Waals surface area contributed by atoms with Crippen molar-refractivity contribution in [3.8, 4) is 0 Å². The highest BCUT2D eigenvalue weighted by molar-refractivity contribution is 5.83. The number of carbonyl (C=O) groups is 2. The van der Waals surface area contributed by atoms with Gasteiger partial charge in [-0.2, -0.15) is 0 Å². The molecule has 0 amide bonds. The monoisotopic (exact) mass is 284 g/mol. The van der Waals surface area contributed by atoms with E-state index in [1.54, 1.807) is 0 Å². The van der Waals surface area contributed by atoms with Gasteiger partial charge in [0.05, 0.1) is 19.1 Å². The molecule has 0 aliphatic carbocycles. The van der Waals surface area contributed by atoms with Gasteiger partial charge in [-0.1, -0.05) is 0 Å². The second-order valence-corrected chi connectivity index (χ2v) is 5.82. The first-order chi connectivity index (χ1) is 9.63. The molecule has 0 N–H and O–H groups in total. The van der Waals surface area contributed by atoms with Crippen LogP contribution >= 0.6 is 0 Å². The van der Waals surface area contributed by atoms with Crippen molar-refractivity contribution >= 4 is 11.8 Å². The third-order valence-electron chi connectivity index (χ3n) is 4.35. The van der Waals surface area contributed by atoms with E-state index < -0.39 is 0 Å². The number of carbonyl (C=O) groups excluding carboxylic acids is 2. The first kappa shape index (κ1) is 15.4. The Labute approximate surface area is 120 Å². The molecular weight excluding hydrogens is 260 g/mol. The lowest BCUT2D eigenvalue weighted by Gasteiger charge is -2.43. The smallest absolute Gasteiger partial charge is 0.305 e. The van der Waals surface area contributed by atoms with Crippen LogP contribution in [-0.4, -0.2) is 44.3 Å². The minimum absolute atomic E-state index is 0.0657. The number of hydrogen-bond donors (Lipinski definition) is 0. The molecule has 0 aromatic heterocycles. The summed E-state index contributed by atoms with van der Waals surface area (Å²) >= 11 is 0. The summed E-state index contributed by atoms with van der Waals surface area (Å²) in [5.74, 6) is 0.225. The predicted molar refractivity (Wildman–Crippen MR) is 72.3 cm³/mol. The van der Waals surface area contributed by atoms with E-state index in [0.717, 1.165) is 45.5 Å². The number of methoxy groups -OCH3 is 1. The van der Waals surface area contributed by atoms with E-state index in [1.807, 2.05) is 0 Å². The molecule has 20 heavy (non-hydrogen) atoms. The summed E-state index contributed by atoms with van der Waals surface area (Å²) in [6, 6.07) is 0. The van der Waals surface area contributed by atoms with Gasteiger partial charge in [-0.25, -0.2) is 0 Å². The molecule has 1 spiro atoms. The fourth-order valence-electron chi connectivity index (χ4n) is 3.16. The molecule has 2 aliphatic rings. The molecule has 114 valence electrons. The molecule has 1 atom stereocenters. The van der Waals surface area contributed by atoms with Crippen molar-refractivity contribution in [2.75, 3.05) is 26.9 Å². The average Bonchev–Trinajstić information content (AvgIpc) is 2.45. The molecule has 0 saturated carbocycles. The SMILES string of the molecule is COC(=O)CCC(=O)CC1CCOC2(CCOCC2)C1. The Morgan fingerprint density at radius 3 is 2.65 bits per heavy atom. The topological polar surface area (TPSA) is 61.8 Å². The number of esters is 1. The standard InChI is InChI=1S/C15H24O5/c1-18-14(17)3-2-13(16)10-12-4-7-20-15(11-12)5-8-19-9-6-15/h12H,2-11H2,1H3. The predicted octanol–water partition coefficient (Wildman–Crippen LogP) is 1.87. The first-order valence-electron chi connectivity index (χ1n) is 7.44. The summed E-state index contributed by atoms with van der Waals surface area (Å²) in [5.41, 5.74) is -0.0657. The molecule has 0 aromatic carbocycles. The summed E-state index contributed by atoms with van der Waals surface area (Å²) in [6.45, 7) is 2.24. The molecule has 2 heterocycles. The fourth-order valence-corrected chi connectivity index (χ4v) is 3.16. The summed E-state index contributed by atoms with van der Waals surface area (Å²) < 4.78 is 15.9. The van der Waals surface area contributed by atoms with E-state index in [-0.39, 0.29) is 23.8 Å². The molecule has 2 fully saturated rings. The second kappa shape index (κ2) is 7.18. The van der Waals surface area contributed by atoms with Gasteiger partial charge in [0.15, 0.2) is 0 Å². The van der Waals surface area contributed by atoms with E-state index in [1.165, 1.54) is 7.11 Å². The molecule has 2 rings (SSSR count). The molecule has 1 unspecified atom stereocenters. The van der Waals surface area contributed by atoms with Gasteiger partial charge in [0.2, 0.25) is 0 Å². The maximum Gasteiger partial charge on any atom is 0.305 e. The van der Waals surface area contributed by atoms with Crippen LogP contribution in [0.2, 0.25) is 0 Å². The minimum atomic E-state index is -0.314. The van der Waals surface area contributed by atoms with Crippen LogP contribution in [0.15, 0.2) is 0 Å². The van der Waals surface area contributed by atoms with Crippen molar-refractivity contribution in [2.45, 2.75) is 50.5 Å². The molecule has 2 aliphatic heterocycles. The molecule has 2 saturated heterocycles. The fraction of sp³-hybridized carbons (Fsp3) is 0.867. The Hall–Kier alpha value is -0.940. The van der Waals surface area contributed by atoms with Gasteiger partial charge < -0.3 is 14.2 Å². The Bertz CT molecular complexity index is 341. The highest BCUT2D eigenvalue weighted by Gasteiger charge is 2.39. The van der Waals surface area contributed by atoms with Gasteiger partial charge in [-0.15, -0.1) is 0 Å². The minimum Gasteiger partial charge on any atom is -0.469 e. The largest absolute Gasteiger partial charge is 0.469 e. The van der Waals surface area contributed by atoms with Crippen molar-refractivity contribution in [3.63, 3.8) is 0 Å². The van der Waals surface area contributed by atoms with E-state index in [4.69, 9.17) is 9.47 Å². The van der Waals surface area contributed by atoms with Crippen LogP contribution in [0, 0.1) is 5.92 Å². The van der Waals surface area contributed by atoms with Gasteiger partial charge in [-0.05, 0) is 31.6 Å². The first-order valence-corrected chi connectivity index (χ1v) is 7.44. The summed E-state index contributed by atoms with van der Waals surface area (Å²) in [6.07, 6.45) is 4.78. The van der Waals surface area contributed by atoms with Gasteiger partial charge in [0.25, 0.3) is 0 Å². The van der Waals surface area contributed by atoms with Crippen molar-refractivity contribution in [2.24, 2.45) is 5.92 Å². The lowest BCUT2D eigenvalue weighted by atomic mass is 9.78. The van der Waals surface area contributed by atoms with Crippen molar-refractivity contribution in [3.05, 3.63) is 0 Å². The van der Waals surface area contributed by atoms with Gasteiger partial charge in [0, 0.05) is 32.7 Å². The lowest BCUT2D eigenvalue weighted by molar-refractivity contribution is -0.150. The van der Waals surface area contributed by atoms with Gasteiger partial charge in [-0.3, -0.25) is 9.59 Å². The van der Waals surface area contributed by atoms with Crippen LogP contribution in [0.5, 0.6) is 0 Å². The number of rotatable bonds is 5. The highest BCUT2D eigenvalue weighted by Crippen LogP contribution is 2.38. The summed E-state index contributed by atoms with van der Waals surface area (Å²) in [7, 11) is 1.35. The number of ether oxygens (including phenoxy) is 3. The molecule has 0 bridgehead atoms. The van der Waals surface area contributed by atoms with Crippen molar-refractivity contribution in [1.29, 1.82) is 0 Å². The third kappa shape index (κ3) is 4.28. The Morgan fingerprint density at radius 1 is 1.20 bits per heavy atom. The Balaban J connectivity index is 1.77. The summed E-state index contributed by atoms with van der Waals surface area (Å²) in [5, 5.41) is 0. The molecule has 5 nitrogen and oxygen atoms in total. The third-order valence-corrected chi connectivity index (χ3v) is 4.35. The van der Waals surface area contributed by atoms with Gasteiger partial charge in [0.1, 0.15) is 5.78 Å². The van der Waals surface area contributed by atoms with Crippen molar-refractivity contribution < 1.29 is 23.8 Å². The quantitative estimate of drug-likeness (QED) is 0.721. The van der Waals surface area contributed by atoms with Crippen LogP contribution in [0.4, 0.5) is 0 Å².